The molecule has 0 spiro atoms. The van der Waals surface area contributed by atoms with Gasteiger partial charge in [0.15, 0.2) is 0 Å². The summed E-state index contributed by atoms with van der Waals surface area (Å²) in [6, 6.07) is 0. The van der Waals surface area contributed by atoms with Gasteiger partial charge >= 0.3 is 0 Å². The van der Waals surface area contributed by atoms with Gasteiger partial charge in [0.1, 0.15) is 0 Å². The molecule has 0 aromatic heterocycles. The molecule has 0 saturated heterocycles. The van der Waals surface area contributed by atoms with Crippen molar-refractivity contribution >= 4 is 8.07 Å². The minimum atomic E-state index is -1.09. The maximum atomic E-state index is 2.55. The Bertz CT molecular complexity index is 196. The first-order valence-electron chi connectivity index (χ1n) is 5.52. The first kappa shape index (κ1) is 11.0. The Morgan fingerprint density at radius 2 is 1.85 bits per heavy atom. The molecule has 1 rings (SSSR count). The van der Waals surface area contributed by atoms with E-state index in [0.29, 0.717) is 5.04 Å². The molecule has 1 unspecified atom stereocenters. The van der Waals surface area contributed by atoms with Crippen molar-refractivity contribution in [3.63, 3.8) is 0 Å². The SMILES string of the molecule is CC(C)(C)[Si](C)(C)C1C=CCCC1. The lowest BCUT2D eigenvalue weighted by molar-refractivity contribution is 0.650. The predicted molar refractivity (Wildman–Crippen MR) is 63.9 cm³/mol. The van der Waals surface area contributed by atoms with E-state index in [1.54, 1.807) is 0 Å². The van der Waals surface area contributed by atoms with E-state index in [2.05, 4.69) is 46.0 Å². The molecule has 0 aromatic carbocycles. The molecule has 1 heteroatoms. The molecule has 0 nitrogen and oxygen atoms in total. The Balaban J connectivity index is 2.79. The van der Waals surface area contributed by atoms with Gasteiger partial charge in [-0.2, -0.15) is 0 Å². The molecular formula is C12H24Si. The highest BCUT2D eigenvalue weighted by molar-refractivity contribution is 6.81. The highest BCUT2D eigenvalue weighted by Crippen LogP contribution is 2.47. The predicted octanol–water partition coefficient (Wildman–Crippen LogP) is 4.61. The van der Waals surface area contributed by atoms with Crippen LogP contribution < -0.4 is 0 Å². The van der Waals surface area contributed by atoms with Crippen LogP contribution in [0.4, 0.5) is 0 Å². The zero-order valence-electron chi connectivity index (χ0n) is 9.85. The minimum Gasteiger partial charge on any atom is -0.0885 e. The Morgan fingerprint density at radius 1 is 1.23 bits per heavy atom. The molecule has 13 heavy (non-hydrogen) atoms. The van der Waals surface area contributed by atoms with Crippen LogP contribution in [0.25, 0.3) is 0 Å². The second-order valence-electron chi connectivity index (χ2n) is 5.94. The fourth-order valence-electron chi connectivity index (χ4n) is 1.97. The van der Waals surface area contributed by atoms with E-state index in [1.165, 1.54) is 19.3 Å². The maximum Gasteiger partial charge on any atom is 0.0596 e. The zero-order valence-corrected chi connectivity index (χ0v) is 10.9. The first-order chi connectivity index (χ1) is 5.86. The smallest absolute Gasteiger partial charge is 0.0596 e. The van der Waals surface area contributed by atoms with Gasteiger partial charge in [0, 0.05) is 0 Å². The van der Waals surface area contributed by atoms with E-state index >= 15 is 0 Å². The van der Waals surface area contributed by atoms with Gasteiger partial charge < -0.3 is 0 Å². The van der Waals surface area contributed by atoms with Gasteiger partial charge in [0.25, 0.3) is 0 Å². The van der Waals surface area contributed by atoms with Crippen molar-refractivity contribution in [2.45, 2.75) is 63.7 Å². The number of allylic oxidation sites excluding steroid dienone is 2. The molecule has 0 aromatic rings. The lowest BCUT2D eigenvalue weighted by Gasteiger charge is -2.43. The van der Waals surface area contributed by atoms with Crippen LogP contribution >= 0.6 is 0 Å². The summed E-state index contributed by atoms with van der Waals surface area (Å²) < 4.78 is 0. The summed E-state index contributed by atoms with van der Waals surface area (Å²) in [6.07, 6.45) is 9.06. The second kappa shape index (κ2) is 3.60. The maximum absolute atomic E-state index is 2.55. The highest BCUT2D eigenvalue weighted by atomic mass is 28.3. The normalized spacial score (nSPS) is 24.8. The van der Waals surface area contributed by atoms with Crippen molar-refractivity contribution in [1.82, 2.24) is 0 Å². The molecular weight excluding hydrogens is 172 g/mol. The third-order valence-electron chi connectivity index (χ3n) is 4.11. The van der Waals surface area contributed by atoms with Crippen LogP contribution in [0.1, 0.15) is 40.0 Å². The number of hydrogen-bond donors (Lipinski definition) is 0. The van der Waals surface area contributed by atoms with Crippen LogP contribution in [0, 0.1) is 0 Å². The monoisotopic (exact) mass is 196 g/mol. The summed E-state index contributed by atoms with van der Waals surface area (Å²) in [4.78, 5) is 0. The zero-order chi connectivity index (χ0) is 10.1. The van der Waals surface area contributed by atoms with Crippen molar-refractivity contribution in [3.05, 3.63) is 12.2 Å². The summed E-state index contributed by atoms with van der Waals surface area (Å²) in [6.45, 7) is 12.4. The van der Waals surface area contributed by atoms with E-state index in [4.69, 9.17) is 0 Å². The van der Waals surface area contributed by atoms with Crippen molar-refractivity contribution in [1.29, 1.82) is 0 Å². The van der Waals surface area contributed by atoms with Gasteiger partial charge in [-0.15, -0.1) is 0 Å². The molecule has 0 saturated carbocycles. The topological polar surface area (TPSA) is 0 Å². The molecule has 0 fully saturated rings. The van der Waals surface area contributed by atoms with E-state index in [1.807, 2.05) is 0 Å². The molecule has 1 aliphatic rings. The van der Waals surface area contributed by atoms with E-state index in [-0.39, 0.29) is 0 Å². The Kier molecular flexibility index (Phi) is 3.06. The fraction of sp³-hybridized carbons (Fsp3) is 0.833. The van der Waals surface area contributed by atoms with Crippen LogP contribution in [0.5, 0.6) is 0 Å². The van der Waals surface area contributed by atoms with Crippen LogP contribution in [0.2, 0.25) is 23.7 Å². The van der Waals surface area contributed by atoms with Gasteiger partial charge in [-0.25, -0.2) is 0 Å². The summed E-state index contributed by atoms with van der Waals surface area (Å²) in [5.74, 6) is 0. The quantitative estimate of drug-likeness (QED) is 0.424. The van der Waals surface area contributed by atoms with E-state index in [0.717, 1.165) is 5.54 Å². The number of hydrogen-bond acceptors (Lipinski definition) is 0. The lowest BCUT2D eigenvalue weighted by Crippen LogP contribution is -2.41. The Morgan fingerprint density at radius 3 is 2.23 bits per heavy atom. The van der Waals surface area contributed by atoms with E-state index in [9.17, 15) is 0 Å². The third-order valence-corrected chi connectivity index (χ3v) is 10.3. The van der Waals surface area contributed by atoms with Gasteiger partial charge in [0.2, 0.25) is 0 Å². The molecule has 1 atom stereocenters. The third kappa shape index (κ3) is 2.25. The molecule has 1 aliphatic carbocycles. The average Bonchev–Trinajstić information content (AvgIpc) is 2.04. The lowest BCUT2D eigenvalue weighted by atomic mass is 10.1. The molecule has 0 amide bonds. The summed E-state index contributed by atoms with van der Waals surface area (Å²) >= 11 is 0. The van der Waals surface area contributed by atoms with Gasteiger partial charge in [-0.05, 0) is 29.8 Å². The highest BCUT2D eigenvalue weighted by Gasteiger charge is 2.40. The van der Waals surface area contributed by atoms with Gasteiger partial charge in [0.05, 0.1) is 8.07 Å². The summed E-state index contributed by atoms with van der Waals surface area (Å²) in [7, 11) is -1.09. The molecule has 0 heterocycles. The molecule has 0 aliphatic heterocycles. The van der Waals surface area contributed by atoms with Crippen molar-refractivity contribution in [2.75, 3.05) is 0 Å². The van der Waals surface area contributed by atoms with Crippen molar-refractivity contribution in [3.8, 4) is 0 Å². The first-order valence-corrected chi connectivity index (χ1v) is 8.60. The van der Waals surface area contributed by atoms with Crippen LogP contribution in [0.3, 0.4) is 0 Å². The Hall–Kier alpha value is -0.0431. The van der Waals surface area contributed by atoms with Crippen molar-refractivity contribution < 1.29 is 0 Å². The van der Waals surface area contributed by atoms with E-state index < -0.39 is 8.07 Å². The Labute approximate surface area is 84.4 Å². The molecule has 0 bridgehead atoms. The summed E-state index contributed by atoms with van der Waals surface area (Å²) in [5, 5.41) is 0.541. The molecule has 0 radical (unpaired) electrons. The standard InChI is InChI=1S/C12H24Si/c1-12(2,3)13(4,5)11-9-7-6-8-10-11/h7,9,11H,6,8,10H2,1-5H3. The molecule has 0 N–H and O–H groups in total. The van der Waals surface area contributed by atoms with Crippen molar-refractivity contribution in [2.24, 2.45) is 0 Å². The number of rotatable bonds is 1. The minimum absolute atomic E-state index is 0.541. The van der Waals surface area contributed by atoms with Gasteiger partial charge in [-0.1, -0.05) is 46.0 Å². The van der Waals surface area contributed by atoms with Crippen LogP contribution in [-0.2, 0) is 0 Å². The average molecular weight is 196 g/mol. The van der Waals surface area contributed by atoms with Gasteiger partial charge in [-0.3, -0.25) is 0 Å². The summed E-state index contributed by atoms with van der Waals surface area (Å²) in [5.41, 5.74) is 0.918. The fourth-order valence-corrected chi connectivity index (χ4v) is 4.63. The molecule has 76 valence electrons. The van der Waals surface area contributed by atoms with Crippen LogP contribution in [-0.4, -0.2) is 8.07 Å². The second-order valence-corrected chi connectivity index (χ2v) is 11.6. The largest absolute Gasteiger partial charge is 0.0885 e. The van der Waals surface area contributed by atoms with Crippen LogP contribution in [0.15, 0.2) is 12.2 Å².